The normalized spacial score (nSPS) is 20.8. The van der Waals surface area contributed by atoms with Gasteiger partial charge in [0.15, 0.2) is 0 Å². The molecule has 0 N–H and O–H groups in total. The van der Waals surface area contributed by atoms with Gasteiger partial charge in [-0.1, -0.05) is 5.10 Å². The Hall–Kier alpha value is -0.810. The number of alkyl halides is 1. The van der Waals surface area contributed by atoms with E-state index in [-0.39, 0.29) is 12.0 Å². The van der Waals surface area contributed by atoms with Crippen LogP contribution in [0.15, 0.2) is 4.42 Å². The van der Waals surface area contributed by atoms with Gasteiger partial charge in [-0.05, 0) is 12.8 Å². The summed E-state index contributed by atoms with van der Waals surface area (Å²) in [4.78, 5) is 1.90. The molecule has 0 aliphatic carbocycles. The number of anilines is 1. The molecule has 1 aliphatic heterocycles. The number of hydrogen-bond donors (Lipinski definition) is 0. The molecule has 1 fully saturated rings. The maximum Gasteiger partial charge on any atom is 0.318 e. The van der Waals surface area contributed by atoms with Gasteiger partial charge in [-0.3, -0.25) is 0 Å². The topological polar surface area (TPSA) is 51.4 Å². The molecule has 1 unspecified atom stereocenters. The Morgan fingerprint density at radius 1 is 1.53 bits per heavy atom. The third kappa shape index (κ3) is 2.60. The first-order chi connectivity index (χ1) is 7.29. The highest BCUT2D eigenvalue weighted by Gasteiger charge is 2.19. The van der Waals surface area contributed by atoms with Crippen molar-refractivity contribution in [2.24, 2.45) is 0 Å². The SMILES string of the molecule is CN(CC1CCCO1)c1nnc(CCl)o1. The summed E-state index contributed by atoms with van der Waals surface area (Å²) >= 11 is 5.58. The first-order valence-corrected chi connectivity index (χ1v) is 5.54. The lowest BCUT2D eigenvalue weighted by Crippen LogP contribution is -2.28. The van der Waals surface area contributed by atoms with E-state index in [1.165, 1.54) is 0 Å². The molecule has 1 aromatic heterocycles. The molecule has 2 rings (SSSR count). The van der Waals surface area contributed by atoms with E-state index in [0.29, 0.717) is 11.9 Å². The van der Waals surface area contributed by atoms with Gasteiger partial charge in [0.05, 0.1) is 6.10 Å². The Balaban J connectivity index is 1.91. The van der Waals surface area contributed by atoms with Crippen LogP contribution < -0.4 is 4.90 Å². The smallest absolute Gasteiger partial charge is 0.318 e. The van der Waals surface area contributed by atoms with Gasteiger partial charge in [0, 0.05) is 20.2 Å². The molecule has 0 spiro atoms. The van der Waals surface area contributed by atoms with Crippen molar-refractivity contribution in [1.82, 2.24) is 10.2 Å². The van der Waals surface area contributed by atoms with Gasteiger partial charge < -0.3 is 14.1 Å². The summed E-state index contributed by atoms with van der Waals surface area (Å²) in [5, 5.41) is 7.70. The molecule has 1 aliphatic rings. The van der Waals surface area contributed by atoms with Crippen LogP contribution in [0.1, 0.15) is 18.7 Å². The minimum Gasteiger partial charge on any atom is -0.407 e. The second kappa shape index (κ2) is 4.81. The van der Waals surface area contributed by atoms with Crippen LogP contribution in [0, 0.1) is 0 Å². The standard InChI is InChI=1S/C9H14ClN3O2/c1-13(6-7-3-2-4-14-7)9-12-11-8(5-10)15-9/h7H,2-6H2,1H3. The molecule has 0 aromatic carbocycles. The van der Waals surface area contributed by atoms with E-state index < -0.39 is 0 Å². The molecule has 84 valence electrons. The van der Waals surface area contributed by atoms with Crippen molar-refractivity contribution in [2.45, 2.75) is 24.8 Å². The van der Waals surface area contributed by atoms with E-state index in [1.54, 1.807) is 0 Å². The molecule has 15 heavy (non-hydrogen) atoms. The molecule has 0 bridgehead atoms. The van der Waals surface area contributed by atoms with Gasteiger partial charge in [0.2, 0.25) is 5.89 Å². The fourth-order valence-corrected chi connectivity index (χ4v) is 1.73. The Bertz CT molecular complexity index is 312. The minimum absolute atomic E-state index is 0.251. The number of likely N-dealkylation sites (N-methyl/N-ethyl adjacent to an activating group) is 1. The van der Waals surface area contributed by atoms with Gasteiger partial charge >= 0.3 is 6.01 Å². The quantitative estimate of drug-likeness (QED) is 0.734. The number of hydrogen-bond acceptors (Lipinski definition) is 5. The molecule has 5 nitrogen and oxygen atoms in total. The zero-order valence-electron chi connectivity index (χ0n) is 8.65. The van der Waals surface area contributed by atoms with E-state index in [1.807, 2.05) is 11.9 Å². The monoisotopic (exact) mass is 231 g/mol. The van der Waals surface area contributed by atoms with E-state index in [2.05, 4.69) is 10.2 Å². The summed E-state index contributed by atoms with van der Waals surface area (Å²) in [7, 11) is 1.91. The largest absolute Gasteiger partial charge is 0.407 e. The van der Waals surface area contributed by atoms with Crippen LogP contribution in [-0.2, 0) is 10.6 Å². The lowest BCUT2D eigenvalue weighted by atomic mass is 10.2. The molecule has 1 atom stereocenters. The Morgan fingerprint density at radius 2 is 2.40 bits per heavy atom. The zero-order valence-corrected chi connectivity index (χ0v) is 9.40. The van der Waals surface area contributed by atoms with Crippen LogP contribution in [0.4, 0.5) is 6.01 Å². The molecule has 0 saturated carbocycles. The summed E-state index contributed by atoms with van der Waals surface area (Å²) in [5.41, 5.74) is 0. The highest BCUT2D eigenvalue weighted by atomic mass is 35.5. The summed E-state index contributed by atoms with van der Waals surface area (Å²) in [6, 6.07) is 0.501. The summed E-state index contributed by atoms with van der Waals surface area (Å²) in [6.07, 6.45) is 2.51. The Labute approximate surface area is 93.4 Å². The van der Waals surface area contributed by atoms with Crippen molar-refractivity contribution in [2.75, 3.05) is 25.1 Å². The number of halogens is 1. The molecule has 0 amide bonds. The van der Waals surface area contributed by atoms with Crippen LogP contribution in [0.5, 0.6) is 0 Å². The third-order valence-electron chi connectivity index (χ3n) is 2.40. The second-order valence-electron chi connectivity index (χ2n) is 3.63. The van der Waals surface area contributed by atoms with Crippen LogP contribution in [0.25, 0.3) is 0 Å². The highest BCUT2D eigenvalue weighted by molar-refractivity contribution is 6.16. The lowest BCUT2D eigenvalue weighted by molar-refractivity contribution is 0.115. The average Bonchev–Trinajstić information content (AvgIpc) is 2.86. The second-order valence-corrected chi connectivity index (χ2v) is 3.89. The van der Waals surface area contributed by atoms with Gasteiger partial charge in [0.1, 0.15) is 5.88 Å². The lowest BCUT2D eigenvalue weighted by Gasteiger charge is -2.17. The first kappa shape index (κ1) is 10.7. The zero-order chi connectivity index (χ0) is 10.7. The predicted octanol–water partition coefficient (Wildman–Crippen LogP) is 1.42. The van der Waals surface area contributed by atoms with E-state index in [4.69, 9.17) is 20.8 Å². The molecule has 1 aromatic rings. The van der Waals surface area contributed by atoms with Crippen LogP contribution in [0.3, 0.4) is 0 Å². The van der Waals surface area contributed by atoms with Gasteiger partial charge in [-0.25, -0.2) is 0 Å². The van der Waals surface area contributed by atoms with Crippen LogP contribution in [0.2, 0.25) is 0 Å². The number of rotatable bonds is 4. The number of nitrogens with zero attached hydrogens (tertiary/aromatic N) is 3. The Morgan fingerprint density at radius 3 is 3.00 bits per heavy atom. The first-order valence-electron chi connectivity index (χ1n) is 5.00. The number of aromatic nitrogens is 2. The predicted molar refractivity (Wildman–Crippen MR) is 56.1 cm³/mol. The fourth-order valence-electron chi connectivity index (χ4n) is 1.62. The average molecular weight is 232 g/mol. The molecule has 0 radical (unpaired) electrons. The summed E-state index contributed by atoms with van der Waals surface area (Å²) < 4.78 is 10.8. The third-order valence-corrected chi connectivity index (χ3v) is 2.63. The van der Waals surface area contributed by atoms with Crippen molar-refractivity contribution >= 4 is 17.6 Å². The summed E-state index contributed by atoms with van der Waals surface area (Å²) in [5.74, 6) is 0.701. The van der Waals surface area contributed by atoms with Crippen LogP contribution in [-0.4, -0.2) is 36.5 Å². The van der Waals surface area contributed by atoms with Crippen molar-refractivity contribution in [3.8, 4) is 0 Å². The molecular weight excluding hydrogens is 218 g/mol. The van der Waals surface area contributed by atoms with E-state index in [0.717, 1.165) is 26.0 Å². The maximum absolute atomic E-state index is 5.58. The molecular formula is C9H14ClN3O2. The van der Waals surface area contributed by atoms with Gasteiger partial charge in [0.25, 0.3) is 0 Å². The minimum atomic E-state index is 0.251. The van der Waals surface area contributed by atoms with Crippen molar-refractivity contribution in [3.05, 3.63) is 5.89 Å². The van der Waals surface area contributed by atoms with Crippen LogP contribution >= 0.6 is 11.6 Å². The fraction of sp³-hybridized carbons (Fsp3) is 0.778. The number of ether oxygens (including phenoxy) is 1. The maximum atomic E-state index is 5.58. The Kier molecular flexibility index (Phi) is 3.43. The van der Waals surface area contributed by atoms with Crippen molar-refractivity contribution < 1.29 is 9.15 Å². The van der Waals surface area contributed by atoms with E-state index >= 15 is 0 Å². The van der Waals surface area contributed by atoms with Crippen molar-refractivity contribution in [3.63, 3.8) is 0 Å². The van der Waals surface area contributed by atoms with Gasteiger partial charge in [-0.15, -0.1) is 16.7 Å². The molecule has 6 heteroatoms. The highest BCUT2D eigenvalue weighted by Crippen LogP contribution is 2.17. The van der Waals surface area contributed by atoms with Gasteiger partial charge in [-0.2, -0.15) is 0 Å². The molecule has 1 saturated heterocycles. The van der Waals surface area contributed by atoms with Crippen molar-refractivity contribution in [1.29, 1.82) is 0 Å². The van der Waals surface area contributed by atoms with E-state index in [9.17, 15) is 0 Å². The molecule has 2 heterocycles. The summed E-state index contributed by atoms with van der Waals surface area (Å²) in [6.45, 7) is 1.64.